The second kappa shape index (κ2) is 5.81. The van der Waals surface area contributed by atoms with Crippen molar-refractivity contribution >= 4 is 11.6 Å². The van der Waals surface area contributed by atoms with Gasteiger partial charge in [-0.1, -0.05) is 18.2 Å². The van der Waals surface area contributed by atoms with Gasteiger partial charge in [-0.15, -0.1) is 0 Å². The van der Waals surface area contributed by atoms with Crippen LogP contribution in [0, 0.1) is 5.82 Å². The highest BCUT2D eigenvalue weighted by molar-refractivity contribution is 5.77. The number of anilines is 1. The topological polar surface area (TPSA) is 52.0 Å². The van der Waals surface area contributed by atoms with Crippen LogP contribution in [0.5, 0.6) is 5.75 Å². The van der Waals surface area contributed by atoms with Crippen molar-refractivity contribution < 1.29 is 9.13 Å². The van der Waals surface area contributed by atoms with Crippen LogP contribution < -0.4 is 10.1 Å². The summed E-state index contributed by atoms with van der Waals surface area (Å²) in [5.74, 6) is 1.09. The highest BCUT2D eigenvalue weighted by atomic mass is 19.1. The third-order valence-corrected chi connectivity index (χ3v) is 4.03. The molecule has 0 bridgehead atoms. The van der Waals surface area contributed by atoms with Crippen molar-refractivity contribution in [2.45, 2.75) is 6.04 Å². The van der Waals surface area contributed by atoms with Gasteiger partial charge in [0.05, 0.1) is 7.11 Å². The number of hydrogen-bond acceptors (Lipinski definition) is 4. The summed E-state index contributed by atoms with van der Waals surface area (Å²) in [5.41, 5.74) is 2.37. The molecule has 6 heteroatoms. The molecule has 0 spiro atoms. The number of hydrogen-bond donors (Lipinski definition) is 1. The number of aromatic nitrogens is 3. The molecule has 5 nitrogen and oxygen atoms in total. The van der Waals surface area contributed by atoms with Gasteiger partial charge in [0.1, 0.15) is 23.9 Å². The van der Waals surface area contributed by atoms with E-state index in [0.29, 0.717) is 11.5 Å². The van der Waals surface area contributed by atoms with Crippen LogP contribution in [0.4, 0.5) is 10.3 Å². The van der Waals surface area contributed by atoms with Crippen LogP contribution >= 0.6 is 0 Å². The summed E-state index contributed by atoms with van der Waals surface area (Å²) in [6.07, 6.45) is 3.41. The SMILES string of the molecule is COc1ccc(C2=C[C@H](c3ccccc3F)n3ncnc3N2)cc1. The van der Waals surface area contributed by atoms with Crippen LogP contribution in [-0.2, 0) is 0 Å². The zero-order valence-corrected chi connectivity index (χ0v) is 13.0. The third kappa shape index (κ3) is 2.42. The Kier molecular flexibility index (Phi) is 3.49. The lowest BCUT2D eigenvalue weighted by molar-refractivity contribution is 0.415. The predicted octanol–water partition coefficient (Wildman–Crippen LogP) is 3.48. The van der Waals surface area contributed by atoms with Gasteiger partial charge in [0.25, 0.3) is 0 Å². The molecule has 1 atom stereocenters. The zero-order chi connectivity index (χ0) is 16.5. The number of benzene rings is 2. The Morgan fingerprint density at radius 1 is 1.12 bits per heavy atom. The van der Waals surface area contributed by atoms with Crippen molar-refractivity contribution in [2.24, 2.45) is 0 Å². The molecule has 120 valence electrons. The molecule has 3 aromatic rings. The molecule has 0 saturated heterocycles. The van der Waals surface area contributed by atoms with Gasteiger partial charge in [-0.05, 0) is 42.0 Å². The second-order valence-electron chi connectivity index (χ2n) is 5.43. The minimum absolute atomic E-state index is 0.267. The van der Waals surface area contributed by atoms with Gasteiger partial charge in [0.2, 0.25) is 5.95 Å². The molecule has 1 aromatic heterocycles. The summed E-state index contributed by atoms with van der Waals surface area (Å²) in [7, 11) is 1.63. The molecule has 24 heavy (non-hydrogen) atoms. The van der Waals surface area contributed by atoms with E-state index in [1.165, 1.54) is 12.4 Å². The van der Waals surface area contributed by atoms with Gasteiger partial charge in [0, 0.05) is 11.3 Å². The summed E-state index contributed by atoms with van der Waals surface area (Å²) in [6.45, 7) is 0. The standard InChI is InChI=1S/C18H15FN4O/c1-24-13-8-6-12(7-9-13)16-10-17(14-4-2-3-5-15(14)19)23-18(22-16)20-11-21-23/h2-11,17H,1H3,(H,20,21,22)/t17-/m1/s1. The number of allylic oxidation sites excluding steroid dienone is 1. The minimum atomic E-state index is -0.359. The maximum Gasteiger partial charge on any atom is 0.226 e. The molecule has 4 rings (SSSR count). The van der Waals surface area contributed by atoms with Crippen LogP contribution in [0.1, 0.15) is 17.2 Å². The van der Waals surface area contributed by atoms with Crippen LogP contribution in [0.3, 0.4) is 0 Å². The van der Waals surface area contributed by atoms with Gasteiger partial charge < -0.3 is 10.1 Å². The fourth-order valence-corrected chi connectivity index (χ4v) is 2.81. The van der Waals surface area contributed by atoms with Crippen molar-refractivity contribution in [3.05, 3.63) is 77.9 Å². The molecule has 0 radical (unpaired) electrons. The first-order valence-electron chi connectivity index (χ1n) is 7.53. The van der Waals surface area contributed by atoms with Crippen LogP contribution in [0.15, 0.2) is 60.9 Å². The lowest BCUT2D eigenvalue weighted by Gasteiger charge is -2.24. The van der Waals surface area contributed by atoms with E-state index < -0.39 is 0 Å². The molecule has 0 fully saturated rings. The van der Waals surface area contributed by atoms with Gasteiger partial charge in [0.15, 0.2) is 0 Å². The number of fused-ring (bicyclic) bond motifs is 1. The number of ether oxygens (including phenoxy) is 1. The third-order valence-electron chi connectivity index (χ3n) is 4.03. The largest absolute Gasteiger partial charge is 0.497 e. The minimum Gasteiger partial charge on any atom is -0.497 e. The Balaban J connectivity index is 1.80. The Bertz CT molecular complexity index is 901. The molecular formula is C18H15FN4O. The van der Waals surface area contributed by atoms with E-state index in [1.54, 1.807) is 23.9 Å². The zero-order valence-electron chi connectivity index (χ0n) is 13.0. The molecular weight excluding hydrogens is 307 g/mol. The van der Waals surface area contributed by atoms with Crippen molar-refractivity contribution in [2.75, 3.05) is 12.4 Å². The van der Waals surface area contributed by atoms with Crippen molar-refractivity contribution in [3.63, 3.8) is 0 Å². The quantitative estimate of drug-likeness (QED) is 0.802. The van der Waals surface area contributed by atoms with E-state index in [-0.39, 0.29) is 11.9 Å². The van der Waals surface area contributed by atoms with Crippen LogP contribution in [0.2, 0.25) is 0 Å². The van der Waals surface area contributed by atoms with E-state index in [0.717, 1.165) is 17.0 Å². The number of rotatable bonds is 3. The first-order chi connectivity index (χ1) is 11.8. The smallest absolute Gasteiger partial charge is 0.226 e. The maximum atomic E-state index is 14.3. The maximum absolute atomic E-state index is 14.3. The molecule has 1 aliphatic heterocycles. The number of nitrogens with one attached hydrogen (secondary N) is 1. The fraction of sp³-hybridized carbons (Fsp3) is 0.111. The lowest BCUT2D eigenvalue weighted by atomic mass is 10.0. The molecule has 1 N–H and O–H groups in total. The van der Waals surface area contributed by atoms with Crippen molar-refractivity contribution in [1.82, 2.24) is 14.8 Å². The van der Waals surface area contributed by atoms with Crippen molar-refractivity contribution in [3.8, 4) is 5.75 Å². The van der Waals surface area contributed by atoms with E-state index in [1.807, 2.05) is 36.4 Å². The Morgan fingerprint density at radius 2 is 1.92 bits per heavy atom. The molecule has 0 unspecified atom stereocenters. The summed E-state index contributed by atoms with van der Waals surface area (Å²) >= 11 is 0. The Hall–Kier alpha value is -3.15. The summed E-state index contributed by atoms with van der Waals surface area (Å²) in [5, 5.41) is 7.46. The molecule has 0 amide bonds. The summed E-state index contributed by atoms with van der Waals surface area (Å²) in [4.78, 5) is 4.22. The van der Waals surface area contributed by atoms with Crippen molar-refractivity contribution in [1.29, 1.82) is 0 Å². The average molecular weight is 322 g/mol. The number of methoxy groups -OCH3 is 1. The highest BCUT2D eigenvalue weighted by Gasteiger charge is 2.25. The summed E-state index contributed by atoms with van der Waals surface area (Å²) in [6, 6.07) is 14.0. The Morgan fingerprint density at radius 3 is 2.67 bits per heavy atom. The Labute approximate surface area is 138 Å². The van der Waals surface area contributed by atoms with Gasteiger partial charge >= 0.3 is 0 Å². The normalized spacial score (nSPS) is 16.1. The lowest BCUT2D eigenvalue weighted by Crippen LogP contribution is -2.21. The monoisotopic (exact) mass is 322 g/mol. The van der Waals surface area contributed by atoms with Gasteiger partial charge in [-0.3, -0.25) is 0 Å². The summed E-state index contributed by atoms with van der Waals surface area (Å²) < 4.78 is 21.1. The first kappa shape index (κ1) is 14.4. The van der Waals surface area contributed by atoms with E-state index in [2.05, 4.69) is 15.4 Å². The number of halogens is 1. The molecule has 1 aliphatic rings. The van der Waals surface area contributed by atoms with E-state index >= 15 is 0 Å². The molecule has 2 aromatic carbocycles. The molecule has 0 saturated carbocycles. The second-order valence-corrected chi connectivity index (χ2v) is 5.43. The van der Waals surface area contributed by atoms with E-state index in [4.69, 9.17) is 4.74 Å². The van der Waals surface area contributed by atoms with Gasteiger partial charge in [-0.2, -0.15) is 10.1 Å². The average Bonchev–Trinajstić information content (AvgIpc) is 3.10. The molecule has 0 aliphatic carbocycles. The highest BCUT2D eigenvalue weighted by Crippen LogP contribution is 2.33. The predicted molar refractivity (Wildman–Crippen MR) is 89.2 cm³/mol. The number of nitrogens with zero attached hydrogens (tertiary/aromatic N) is 3. The van der Waals surface area contributed by atoms with Crippen LogP contribution in [0.25, 0.3) is 5.70 Å². The van der Waals surface area contributed by atoms with Gasteiger partial charge in [-0.25, -0.2) is 9.07 Å². The first-order valence-corrected chi connectivity index (χ1v) is 7.53. The fourth-order valence-electron chi connectivity index (χ4n) is 2.81. The van der Waals surface area contributed by atoms with Crippen LogP contribution in [-0.4, -0.2) is 21.9 Å². The molecule has 2 heterocycles. The van der Waals surface area contributed by atoms with E-state index in [9.17, 15) is 4.39 Å².